The zero-order chi connectivity index (χ0) is 9.69. The van der Waals surface area contributed by atoms with Gasteiger partial charge in [-0.3, -0.25) is 0 Å². The van der Waals surface area contributed by atoms with Crippen molar-refractivity contribution >= 4 is 11.8 Å². The topological polar surface area (TPSA) is 23.8 Å². The van der Waals surface area contributed by atoms with Crippen LogP contribution in [0.1, 0.15) is 33.1 Å². The Morgan fingerprint density at radius 3 is 2.69 bits per heavy atom. The van der Waals surface area contributed by atoms with E-state index < -0.39 is 0 Å². The summed E-state index contributed by atoms with van der Waals surface area (Å²) in [6.07, 6.45) is 3.57. The third-order valence-corrected chi connectivity index (χ3v) is 5.65. The van der Waals surface area contributed by atoms with E-state index in [4.69, 9.17) is 5.26 Å². The van der Waals surface area contributed by atoms with Crippen LogP contribution in [0.25, 0.3) is 0 Å². The number of rotatable bonds is 1. The molecule has 0 saturated heterocycles. The first-order valence-electron chi connectivity index (χ1n) is 4.80. The molecule has 13 heavy (non-hydrogen) atoms. The monoisotopic (exact) mass is 193 g/mol. The Balaban J connectivity index is 2.44. The van der Waals surface area contributed by atoms with Crippen molar-refractivity contribution in [1.29, 1.82) is 5.26 Å². The van der Waals surface area contributed by atoms with Gasteiger partial charge in [0.1, 0.15) is 5.40 Å². The molecule has 0 N–H and O–H groups in total. The van der Waals surface area contributed by atoms with Gasteiger partial charge in [-0.2, -0.15) is 5.26 Å². The third-order valence-electron chi connectivity index (χ3n) is 4.19. The highest BCUT2D eigenvalue weighted by atomic mass is 32.2. The van der Waals surface area contributed by atoms with Crippen LogP contribution in [-0.2, 0) is 0 Å². The number of thiocyanates is 1. The molecule has 0 amide bonds. The zero-order valence-electron chi connectivity index (χ0n) is 8.26. The summed E-state index contributed by atoms with van der Waals surface area (Å²) in [5.41, 5.74) is 1.59. The van der Waals surface area contributed by atoms with Crippen molar-refractivity contribution in [1.82, 2.24) is 0 Å². The molecular formula is C11H15NS. The molecule has 0 aromatic carbocycles. The number of hydrogen-bond donors (Lipinski definition) is 0. The summed E-state index contributed by atoms with van der Waals surface area (Å²) in [6, 6.07) is 0. The Hall–Kier alpha value is -0.420. The van der Waals surface area contributed by atoms with Crippen molar-refractivity contribution in [2.75, 3.05) is 0 Å². The van der Waals surface area contributed by atoms with Gasteiger partial charge in [-0.15, -0.1) is 0 Å². The molecule has 0 spiro atoms. The smallest absolute Gasteiger partial charge is 0.134 e. The van der Waals surface area contributed by atoms with Gasteiger partial charge in [-0.05, 0) is 42.4 Å². The van der Waals surface area contributed by atoms with Crippen molar-refractivity contribution in [2.45, 2.75) is 37.9 Å². The lowest BCUT2D eigenvalue weighted by Gasteiger charge is -2.35. The lowest BCUT2D eigenvalue weighted by molar-refractivity contribution is 0.286. The number of fused-ring (bicyclic) bond motifs is 2. The first-order valence-corrected chi connectivity index (χ1v) is 5.61. The molecule has 0 unspecified atom stereocenters. The van der Waals surface area contributed by atoms with Crippen LogP contribution >= 0.6 is 11.8 Å². The van der Waals surface area contributed by atoms with E-state index in [0.717, 1.165) is 18.8 Å². The fourth-order valence-corrected chi connectivity index (χ4v) is 4.21. The molecule has 2 aliphatic rings. The molecule has 2 aliphatic carbocycles. The molecule has 2 rings (SSSR count). The van der Waals surface area contributed by atoms with Crippen LogP contribution in [0.3, 0.4) is 0 Å². The van der Waals surface area contributed by atoms with Gasteiger partial charge in [0.2, 0.25) is 0 Å². The molecule has 70 valence electrons. The summed E-state index contributed by atoms with van der Waals surface area (Å²) in [5, 5.41) is 11.1. The van der Waals surface area contributed by atoms with Gasteiger partial charge in [-0.25, -0.2) is 0 Å². The maximum absolute atomic E-state index is 8.86. The Bertz CT molecular complexity index is 300. The van der Waals surface area contributed by atoms with E-state index >= 15 is 0 Å². The van der Waals surface area contributed by atoms with Crippen molar-refractivity contribution in [3.8, 4) is 5.40 Å². The zero-order valence-corrected chi connectivity index (χ0v) is 9.08. The van der Waals surface area contributed by atoms with E-state index in [9.17, 15) is 0 Å². The fraction of sp³-hybridized carbons (Fsp3) is 0.727. The second kappa shape index (κ2) is 2.54. The van der Waals surface area contributed by atoms with Crippen LogP contribution in [0.2, 0.25) is 0 Å². The molecule has 2 saturated carbocycles. The van der Waals surface area contributed by atoms with Crippen molar-refractivity contribution in [3.05, 3.63) is 12.2 Å². The second-order valence-corrected chi connectivity index (χ2v) is 5.87. The molecule has 2 heteroatoms. The molecule has 0 aromatic heterocycles. The third kappa shape index (κ3) is 0.889. The average Bonchev–Trinajstić information content (AvgIpc) is 2.38. The average molecular weight is 193 g/mol. The van der Waals surface area contributed by atoms with Gasteiger partial charge in [0.05, 0.1) is 4.75 Å². The number of thioether (sulfide) groups is 1. The lowest BCUT2D eigenvalue weighted by atomic mass is 9.81. The van der Waals surface area contributed by atoms with E-state index in [1.165, 1.54) is 23.8 Å². The Labute approximate surface area is 84.2 Å². The molecule has 0 aromatic rings. The van der Waals surface area contributed by atoms with Gasteiger partial charge in [0.25, 0.3) is 0 Å². The summed E-state index contributed by atoms with van der Waals surface area (Å²) in [6.45, 7) is 8.75. The molecule has 2 bridgehead atoms. The highest BCUT2D eigenvalue weighted by molar-refractivity contribution is 8.05. The van der Waals surface area contributed by atoms with Gasteiger partial charge in [0, 0.05) is 0 Å². The standard InChI is InChI=1S/C11H15NS/c1-8-6-9-4-5-11(8,13-7-12)10(9,2)3/h9H,1,4-6H2,2-3H3/t9-,11-/m0/s1. The minimum Gasteiger partial charge on any atom is -0.185 e. The Morgan fingerprint density at radius 2 is 2.31 bits per heavy atom. The maximum Gasteiger partial charge on any atom is 0.134 e. The summed E-state index contributed by atoms with van der Waals surface area (Å²) in [4.78, 5) is 0. The van der Waals surface area contributed by atoms with Gasteiger partial charge >= 0.3 is 0 Å². The highest BCUT2D eigenvalue weighted by Gasteiger charge is 2.61. The van der Waals surface area contributed by atoms with Crippen LogP contribution in [-0.4, -0.2) is 4.75 Å². The van der Waals surface area contributed by atoms with Crippen LogP contribution in [0, 0.1) is 22.0 Å². The first kappa shape index (κ1) is 9.15. The number of nitrogens with zero attached hydrogens (tertiary/aromatic N) is 1. The van der Waals surface area contributed by atoms with Crippen molar-refractivity contribution in [2.24, 2.45) is 11.3 Å². The molecule has 2 atom stereocenters. The summed E-state index contributed by atoms with van der Waals surface area (Å²) < 4.78 is 0.0758. The van der Waals surface area contributed by atoms with Crippen molar-refractivity contribution < 1.29 is 0 Å². The summed E-state index contributed by atoms with van der Waals surface area (Å²) >= 11 is 1.45. The number of hydrogen-bond acceptors (Lipinski definition) is 2. The van der Waals surface area contributed by atoms with Crippen LogP contribution in [0.4, 0.5) is 0 Å². The van der Waals surface area contributed by atoms with Crippen LogP contribution in [0.5, 0.6) is 0 Å². The van der Waals surface area contributed by atoms with Crippen LogP contribution in [0.15, 0.2) is 12.2 Å². The highest BCUT2D eigenvalue weighted by Crippen LogP contribution is 2.67. The van der Waals surface area contributed by atoms with Gasteiger partial charge in [-0.1, -0.05) is 26.0 Å². The minimum atomic E-state index is 0.0758. The quantitative estimate of drug-likeness (QED) is 0.471. The van der Waals surface area contributed by atoms with Gasteiger partial charge < -0.3 is 0 Å². The van der Waals surface area contributed by atoms with Crippen LogP contribution < -0.4 is 0 Å². The second-order valence-electron chi connectivity index (χ2n) is 4.79. The van der Waals surface area contributed by atoms with E-state index in [1.54, 1.807) is 0 Å². The lowest BCUT2D eigenvalue weighted by Crippen LogP contribution is -2.34. The normalized spacial score (nSPS) is 40.7. The molecule has 0 radical (unpaired) electrons. The van der Waals surface area contributed by atoms with E-state index in [-0.39, 0.29) is 10.2 Å². The molecule has 0 heterocycles. The van der Waals surface area contributed by atoms with Gasteiger partial charge in [0.15, 0.2) is 0 Å². The molecule has 1 nitrogen and oxygen atoms in total. The number of nitriles is 1. The predicted molar refractivity (Wildman–Crippen MR) is 56.2 cm³/mol. The Kier molecular flexibility index (Phi) is 1.79. The first-order chi connectivity index (χ1) is 6.04. The summed E-state index contributed by atoms with van der Waals surface area (Å²) in [5.74, 6) is 0.765. The van der Waals surface area contributed by atoms with E-state index in [2.05, 4.69) is 25.8 Å². The van der Waals surface area contributed by atoms with Crippen molar-refractivity contribution in [3.63, 3.8) is 0 Å². The minimum absolute atomic E-state index is 0.0758. The molecular weight excluding hydrogens is 178 g/mol. The Morgan fingerprint density at radius 1 is 1.62 bits per heavy atom. The molecule has 2 fully saturated rings. The SMILES string of the molecule is C=C1C[C@@H]2CC[C@@]1(SC#N)C2(C)C. The van der Waals surface area contributed by atoms with E-state index in [0.29, 0.717) is 0 Å². The summed E-state index contributed by atoms with van der Waals surface area (Å²) in [7, 11) is 0. The fourth-order valence-electron chi connectivity index (χ4n) is 3.17. The molecule has 0 aliphatic heterocycles. The maximum atomic E-state index is 8.86. The van der Waals surface area contributed by atoms with E-state index in [1.807, 2.05) is 0 Å². The predicted octanol–water partition coefficient (Wildman–Crippen LogP) is 3.34. The largest absolute Gasteiger partial charge is 0.185 e.